The monoisotopic (exact) mass is 471 g/mol. The number of nitrogens with zero attached hydrogens (tertiary/aromatic N) is 2. The minimum atomic E-state index is -3.84. The zero-order chi connectivity index (χ0) is 23.7. The van der Waals surface area contributed by atoms with E-state index in [9.17, 15) is 18.3 Å². The highest BCUT2D eigenvalue weighted by Gasteiger charge is 2.21. The molecular weight excluding hydrogens is 450 g/mol. The van der Waals surface area contributed by atoms with Crippen molar-refractivity contribution in [3.63, 3.8) is 0 Å². The number of anilines is 1. The van der Waals surface area contributed by atoms with Gasteiger partial charge in [-0.2, -0.15) is 0 Å². The first-order valence-electron chi connectivity index (χ1n) is 10.7. The van der Waals surface area contributed by atoms with Crippen LogP contribution in [0.4, 0.5) is 5.69 Å². The Morgan fingerprint density at radius 1 is 0.941 bits per heavy atom. The second kappa shape index (κ2) is 8.64. The predicted octanol–water partition coefficient (Wildman–Crippen LogP) is 5.05. The van der Waals surface area contributed by atoms with Crippen LogP contribution in [-0.4, -0.2) is 29.0 Å². The Morgan fingerprint density at radius 3 is 2.47 bits per heavy atom. The van der Waals surface area contributed by atoms with E-state index in [0.717, 1.165) is 10.9 Å². The summed E-state index contributed by atoms with van der Waals surface area (Å²) >= 11 is 0. The van der Waals surface area contributed by atoms with Gasteiger partial charge >= 0.3 is 5.97 Å². The number of aliphatic carboxylic acids is 1. The Bertz CT molecular complexity index is 1610. The minimum absolute atomic E-state index is 0.106. The molecule has 0 bridgehead atoms. The third-order valence-electron chi connectivity index (χ3n) is 5.75. The average molecular weight is 472 g/mol. The quantitative estimate of drug-likeness (QED) is 0.346. The molecule has 0 amide bonds. The van der Waals surface area contributed by atoms with Crippen molar-refractivity contribution in [2.24, 2.45) is 0 Å². The van der Waals surface area contributed by atoms with E-state index in [1.54, 1.807) is 48.8 Å². The molecule has 0 saturated heterocycles. The highest BCUT2D eigenvalue weighted by atomic mass is 32.2. The zero-order valence-corrected chi connectivity index (χ0v) is 18.8. The summed E-state index contributed by atoms with van der Waals surface area (Å²) in [6.45, 7) is 0. The van der Waals surface area contributed by atoms with Crippen molar-refractivity contribution in [3.8, 4) is 0 Å². The molecule has 7 nitrogen and oxygen atoms in total. The van der Waals surface area contributed by atoms with Gasteiger partial charge in [0.2, 0.25) is 0 Å². The molecule has 0 aliphatic carbocycles. The summed E-state index contributed by atoms with van der Waals surface area (Å²) in [5, 5.41) is 10.9. The van der Waals surface area contributed by atoms with Crippen molar-refractivity contribution in [2.45, 2.75) is 17.4 Å². The van der Waals surface area contributed by atoms with Gasteiger partial charge in [-0.25, -0.2) is 13.4 Å². The first-order chi connectivity index (χ1) is 16.4. The lowest BCUT2D eigenvalue weighted by molar-refractivity contribution is -0.137. The van der Waals surface area contributed by atoms with Crippen LogP contribution in [0.5, 0.6) is 0 Å². The fraction of sp³-hybridized carbons (Fsp3) is 0.0769. The summed E-state index contributed by atoms with van der Waals surface area (Å²) in [6, 6.07) is 26.5. The second-order valence-electron chi connectivity index (χ2n) is 7.96. The van der Waals surface area contributed by atoms with Crippen LogP contribution in [-0.2, 0) is 14.8 Å². The number of carboxylic acids is 1. The molecule has 0 saturated carbocycles. The number of sulfonamides is 1. The molecule has 0 radical (unpaired) electrons. The van der Waals surface area contributed by atoms with Crippen LogP contribution in [0.1, 0.15) is 18.0 Å². The highest BCUT2D eigenvalue weighted by Crippen LogP contribution is 2.29. The van der Waals surface area contributed by atoms with Crippen molar-refractivity contribution in [1.82, 2.24) is 9.55 Å². The molecular formula is C26H21N3O4S. The van der Waals surface area contributed by atoms with Crippen LogP contribution in [0.15, 0.2) is 102 Å². The van der Waals surface area contributed by atoms with Gasteiger partial charge in [-0.15, -0.1) is 0 Å². The smallest absolute Gasteiger partial charge is 0.305 e. The first kappa shape index (κ1) is 21.7. The third-order valence-corrected chi connectivity index (χ3v) is 7.19. The average Bonchev–Trinajstić information content (AvgIpc) is 3.25. The highest BCUT2D eigenvalue weighted by molar-refractivity contribution is 7.93. The molecule has 5 aromatic rings. The number of carboxylic acid groups (broad SMARTS) is 1. The lowest BCUT2D eigenvalue weighted by Gasteiger charge is -2.18. The molecule has 0 aliphatic rings. The fourth-order valence-electron chi connectivity index (χ4n) is 4.20. The van der Waals surface area contributed by atoms with Crippen LogP contribution < -0.4 is 4.72 Å². The van der Waals surface area contributed by atoms with Gasteiger partial charge in [0.1, 0.15) is 0 Å². The van der Waals surface area contributed by atoms with Gasteiger partial charge in [0.15, 0.2) is 0 Å². The number of nitrogens with one attached hydrogen (secondary N) is 1. The summed E-state index contributed by atoms with van der Waals surface area (Å²) < 4.78 is 30.8. The van der Waals surface area contributed by atoms with Crippen LogP contribution in [0, 0.1) is 0 Å². The molecule has 1 heterocycles. The van der Waals surface area contributed by atoms with Gasteiger partial charge in [0, 0.05) is 5.39 Å². The van der Waals surface area contributed by atoms with E-state index in [4.69, 9.17) is 0 Å². The molecule has 8 heteroatoms. The van der Waals surface area contributed by atoms with Gasteiger partial charge in [-0.1, -0.05) is 66.7 Å². The number of hydrogen-bond acceptors (Lipinski definition) is 4. The van der Waals surface area contributed by atoms with Crippen molar-refractivity contribution in [1.29, 1.82) is 0 Å². The predicted molar refractivity (Wildman–Crippen MR) is 131 cm³/mol. The number of hydrogen-bond donors (Lipinski definition) is 2. The van der Waals surface area contributed by atoms with Gasteiger partial charge < -0.3 is 9.67 Å². The maximum Gasteiger partial charge on any atom is 0.305 e. The van der Waals surface area contributed by atoms with Gasteiger partial charge in [-0.05, 0) is 35.2 Å². The number of aromatic nitrogens is 2. The normalized spacial score (nSPS) is 12.6. The molecule has 4 aromatic carbocycles. The van der Waals surface area contributed by atoms with E-state index in [-0.39, 0.29) is 11.3 Å². The van der Waals surface area contributed by atoms with Crippen molar-refractivity contribution >= 4 is 43.5 Å². The summed E-state index contributed by atoms with van der Waals surface area (Å²) in [5.41, 5.74) is 2.50. The molecule has 0 aliphatic heterocycles. The van der Waals surface area contributed by atoms with E-state index < -0.39 is 22.0 Å². The van der Waals surface area contributed by atoms with Crippen molar-refractivity contribution < 1.29 is 18.3 Å². The van der Waals surface area contributed by atoms with Gasteiger partial charge in [0.05, 0.1) is 40.4 Å². The summed E-state index contributed by atoms with van der Waals surface area (Å²) in [5.74, 6) is -0.921. The summed E-state index contributed by atoms with van der Waals surface area (Å²) in [6.07, 6.45) is 1.49. The first-order valence-corrected chi connectivity index (χ1v) is 12.1. The van der Waals surface area contributed by atoms with Crippen LogP contribution >= 0.6 is 0 Å². The number of fused-ring (bicyclic) bond motifs is 2. The standard InChI is InChI=1S/C26H21N3O4S/c30-26(31)16-24(19-8-2-1-3-9-19)29-17-27-22-15-20(13-14-23(22)29)28-34(32,33)25-12-6-10-18-7-4-5-11-21(18)25/h1-15,17,24,28H,16H2,(H,30,31). The molecule has 5 rings (SSSR count). The van der Waals surface area contributed by atoms with Gasteiger partial charge in [-0.3, -0.25) is 9.52 Å². The van der Waals surface area contributed by atoms with Crippen LogP contribution in [0.25, 0.3) is 21.8 Å². The minimum Gasteiger partial charge on any atom is -0.481 e. The molecule has 0 spiro atoms. The molecule has 0 fully saturated rings. The molecule has 170 valence electrons. The maximum atomic E-state index is 13.2. The number of benzene rings is 4. The van der Waals surface area contributed by atoms with E-state index in [1.807, 2.05) is 53.1 Å². The Morgan fingerprint density at radius 2 is 1.68 bits per heavy atom. The lowest BCUT2D eigenvalue weighted by Crippen LogP contribution is -2.15. The largest absolute Gasteiger partial charge is 0.481 e. The molecule has 2 N–H and O–H groups in total. The topological polar surface area (TPSA) is 101 Å². The Labute approximate surface area is 196 Å². The van der Waals surface area contributed by atoms with Gasteiger partial charge in [0.25, 0.3) is 10.0 Å². The van der Waals surface area contributed by atoms with E-state index in [1.165, 1.54) is 0 Å². The molecule has 1 atom stereocenters. The zero-order valence-electron chi connectivity index (χ0n) is 18.0. The Kier molecular flexibility index (Phi) is 5.51. The maximum absolute atomic E-state index is 13.2. The lowest BCUT2D eigenvalue weighted by atomic mass is 10.0. The second-order valence-corrected chi connectivity index (χ2v) is 9.61. The Hall–Kier alpha value is -4.17. The van der Waals surface area contributed by atoms with E-state index >= 15 is 0 Å². The van der Waals surface area contributed by atoms with Crippen LogP contribution in [0.3, 0.4) is 0 Å². The summed E-state index contributed by atoms with van der Waals surface area (Å²) in [4.78, 5) is 16.2. The number of imidazole rings is 1. The van der Waals surface area contributed by atoms with E-state index in [0.29, 0.717) is 22.1 Å². The third kappa shape index (κ3) is 4.11. The van der Waals surface area contributed by atoms with Crippen LogP contribution in [0.2, 0.25) is 0 Å². The Balaban J connectivity index is 1.50. The molecule has 1 unspecified atom stereocenters. The summed E-state index contributed by atoms with van der Waals surface area (Å²) in [7, 11) is -3.84. The fourth-order valence-corrected chi connectivity index (χ4v) is 5.48. The molecule has 1 aromatic heterocycles. The SMILES string of the molecule is O=C(O)CC(c1ccccc1)n1cnc2cc(NS(=O)(=O)c3cccc4ccccc34)ccc21. The number of rotatable bonds is 7. The van der Waals surface area contributed by atoms with Crippen molar-refractivity contribution in [3.05, 3.63) is 103 Å². The number of carbonyl (C=O) groups is 1. The van der Waals surface area contributed by atoms with Crippen molar-refractivity contribution in [2.75, 3.05) is 4.72 Å². The molecule has 34 heavy (non-hydrogen) atoms. The van der Waals surface area contributed by atoms with E-state index in [2.05, 4.69) is 9.71 Å².